The lowest BCUT2D eigenvalue weighted by Gasteiger charge is -2.13. The van der Waals surface area contributed by atoms with Gasteiger partial charge in [-0.15, -0.1) is 0 Å². The van der Waals surface area contributed by atoms with Crippen molar-refractivity contribution in [3.8, 4) is 17.7 Å². The minimum atomic E-state index is -0.707. The monoisotopic (exact) mass is 311 g/mol. The number of fused-ring (bicyclic) bond motifs is 1. The van der Waals surface area contributed by atoms with E-state index in [-0.39, 0.29) is 17.2 Å². The Balaban J connectivity index is 2.12. The second-order valence-electron chi connectivity index (χ2n) is 5.34. The molecule has 7 nitrogen and oxygen atoms in total. The van der Waals surface area contributed by atoms with E-state index in [0.717, 1.165) is 14.7 Å². The normalized spacial score (nSPS) is 12.8. The zero-order valence-corrected chi connectivity index (χ0v) is 12.6. The molecule has 0 spiro atoms. The highest BCUT2D eigenvalue weighted by Crippen LogP contribution is 2.29. The standard InChI is InChI=1S/C16H13N3O4/c1-18-14(21)12(8-17)15(19(2)16(18)22)23-10-4-5-11-9(7-10)3-6-13(11)20/h4-5,7H,3,6H2,1-2H3. The molecule has 23 heavy (non-hydrogen) atoms. The Kier molecular flexibility index (Phi) is 3.37. The smallest absolute Gasteiger partial charge is 0.333 e. The van der Waals surface area contributed by atoms with E-state index >= 15 is 0 Å². The first-order valence-corrected chi connectivity index (χ1v) is 6.98. The summed E-state index contributed by atoms with van der Waals surface area (Å²) in [5.41, 5.74) is -0.0102. The SMILES string of the molecule is Cn1c(Oc2ccc3c(c2)CCC3=O)c(C#N)c(=O)n(C)c1=O. The average molecular weight is 311 g/mol. The summed E-state index contributed by atoms with van der Waals surface area (Å²) in [6.07, 6.45) is 1.10. The van der Waals surface area contributed by atoms with E-state index in [9.17, 15) is 19.6 Å². The number of carbonyl (C=O) groups excluding carboxylic acids is 1. The number of ether oxygens (including phenoxy) is 1. The molecule has 3 rings (SSSR count). The first-order chi connectivity index (χ1) is 10.9. The van der Waals surface area contributed by atoms with Crippen LogP contribution in [0, 0.1) is 11.3 Å². The average Bonchev–Trinajstić information content (AvgIpc) is 2.91. The van der Waals surface area contributed by atoms with E-state index in [2.05, 4.69) is 0 Å². The second-order valence-corrected chi connectivity index (χ2v) is 5.34. The van der Waals surface area contributed by atoms with Gasteiger partial charge >= 0.3 is 5.69 Å². The summed E-state index contributed by atoms with van der Waals surface area (Å²) in [4.78, 5) is 35.7. The third kappa shape index (κ3) is 2.25. The van der Waals surface area contributed by atoms with Crippen LogP contribution in [0.2, 0.25) is 0 Å². The minimum absolute atomic E-state index is 0.0882. The molecule has 0 N–H and O–H groups in total. The van der Waals surface area contributed by atoms with Crippen LogP contribution in [0.4, 0.5) is 0 Å². The van der Waals surface area contributed by atoms with Gasteiger partial charge in [-0.3, -0.25) is 18.7 Å². The van der Waals surface area contributed by atoms with Gasteiger partial charge in [-0.2, -0.15) is 5.26 Å². The third-order valence-corrected chi connectivity index (χ3v) is 3.94. The molecule has 0 atom stereocenters. The van der Waals surface area contributed by atoms with Crippen molar-refractivity contribution in [2.45, 2.75) is 12.8 Å². The van der Waals surface area contributed by atoms with Gasteiger partial charge in [-0.05, 0) is 30.2 Å². The number of aryl methyl sites for hydroxylation is 1. The van der Waals surface area contributed by atoms with Crippen molar-refractivity contribution in [3.63, 3.8) is 0 Å². The van der Waals surface area contributed by atoms with Gasteiger partial charge < -0.3 is 4.74 Å². The summed E-state index contributed by atoms with van der Waals surface area (Å²) in [5, 5.41) is 9.20. The highest BCUT2D eigenvalue weighted by molar-refractivity contribution is 6.00. The topological polar surface area (TPSA) is 94.1 Å². The molecular weight excluding hydrogens is 298 g/mol. The van der Waals surface area contributed by atoms with Gasteiger partial charge in [0.15, 0.2) is 11.3 Å². The van der Waals surface area contributed by atoms with Crippen molar-refractivity contribution < 1.29 is 9.53 Å². The van der Waals surface area contributed by atoms with E-state index in [1.807, 2.05) is 0 Å². The molecule has 1 aromatic heterocycles. The maximum absolute atomic E-state index is 12.0. The van der Waals surface area contributed by atoms with Gasteiger partial charge in [0.25, 0.3) is 5.56 Å². The molecule has 1 aromatic carbocycles. The summed E-state index contributed by atoms with van der Waals surface area (Å²) >= 11 is 0. The van der Waals surface area contributed by atoms with Gasteiger partial charge in [0.1, 0.15) is 11.8 Å². The summed E-state index contributed by atoms with van der Waals surface area (Å²) < 4.78 is 7.59. The predicted molar refractivity (Wildman–Crippen MR) is 80.8 cm³/mol. The maximum atomic E-state index is 12.0. The van der Waals surface area contributed by atoms with Gasteiger partial charge in [-0.25, -0.2) is 4.79 Å². The van der Waals surface area contributed by atoms with Crippen molar-refractivity contribution in [1.29, 1.82) is 5.26 Å². The Morgan fingerprint density at radius 2 is 1.87 bits per heavy atom. The third-order valence-electron chi connectivity index (χ3n) is 3.94. The molecular formula is C16H13N3O4. The van der Waals surface area contributed by atoms with Crippen LogP contribution >= 0.6 is 0 Å². The lowest BCUT2D eigenvalue weighted by Crippen LogP contribution is -2.38. The number of Topliss-reactive ketones (excluding diaryl/α,β-unsaturated/α-hetero) is 1. The van der Waals surface area contributed by atoms with Crippen LogP contribution in [0.25, 0.3) is 0 Å². The molecule has 1 aliphatic carbocycles. The van der Waals surface area contributed by atoms with Crippen LogP contribution in [-0.2, 0) is 20.5 Å². The molecule has 1 aliphatic rings. The predicted octanol–water partition coefficient (Wildman–Crippen LogP) is 0.877. The lowest BCUT2D eigenvalue weighted by molar-refractivity contribution is 0.0994. The van der Waals surface area contributed by atoms with E-state index in [0.29, 0.717) is 24.2 Å². The Labute approximate surface area is 131 Å². The van der Waals surface area contributed by atoms with Crippen LogP contribution in [-0.4, -0.2) is 14.9 Å². The van der Waals surface area contributed by atoms with E-state index in [1.54, 1.807) is 24.3 Å². The molecule has 0 saturated heterocycles. The summed E-state index contributed by atoms with van der Waals surface area (Å²) in [7, 11) is 2.73. The van der Waals surface area contributed by atoms with Crippen molar-refractivity contribution in [3.05, 3.63) is 55.7 Å². The summed E-state index contributed by atoms with van der Waals surface area (Å²) in [6.45, 7) is 0. The molecule has 0 fully saturated rings. The molecule has 0 bridgehead atoms. The van der Waals surface area contributed by atoms with Crippen molar-refractivity contribution in [2.75, 3.05) is 0 Å². The molecule has 0 unspecified atom stereocenters. The zero-order chi connectivity index (χ0) is 16.7. The number of hydrogen-bond donors (Lipinski definition) is 0. The number of aromatic nitrogens is 2. The highest BCUT2D eigenvalue weighted by atomic mass is 16.5. The Bertz CT molecular complexity index is 992. The minimum Gasteiger partial charge on any atom is -0.439 e. The second kappa shape index (κ2) is 5.25. The molecule has 2 aromatic rings. The number of hydrogen-bond acceptors (Lipinski definition) is 5. The van der Waals surface area contributed by atoms with Gasteiger partial charge in [0, 0.05) is 26.1 Å². The van der Waals surface area contributed by atoms with Crippen molar-refractivity contribution in [1.82, 2.24) is 9.13 Å². The zero-order valence-electron chi connectivity index (χ0n) is 12.6. The fourth-order valence-electron chi connectivity index (χ4n) is 2.65. The fourth-order valence-corrected chi connectivity index (χ4v) is 2.65. The van der Waals surface area contributed by atoms with Gasteiger partial charge in [0.05, 0.1) is 0 Å². The number of benzene rings is 1. The van der Waals surface area contributed by atoms with Crippen LogP contribution in [0.3, 0.4) is 0 Å². The van der Waals surface area contributed by atoms with Crippen LogP contribution in [0.5, 0.6) is 11.6 Å². The number of rotatable bonds is 2. The van der Waals surface area contributed by atoms with Crippen molar-refractivity contribution >= 4 is 5.78 Å². The van der Waals surface area contributed by atoms with Crippen LogP contribution in [0.15, 0.2) is 27.8 Å². The van der Waals surface area contributed by atoms with E-state index in [4.69, 9.17) is 4.74 Å². The summed E-state index contributed by atoms with van der Waals surface area (Å²) in [6, 6.07) is 6.72. The lowest BCUT2D eigenvalue weighted by atomic mass is 10.1. The molecule has 0 saturated carbocycles. The Morgan fingerprint density at radius 1 is 1.13 bits per heavy atom. The first-order valence-electron chi connectivity index (χ1n) is 6.98. The maximum Gasteiger partial charge on any atom is 0.333 e. The first kappa shape index (κ1) is 14.8. The highest BCUT2D eigenvalue weighted by Gasteiger charge is 2.21. The number of carbonyl (C=O) groups is 1. The van der Waals surface area contributed by atoms with Gasteiger partial charge in [0.2, 0.25) is 5.88 Å². The molecule has 0 amide bonds. The van der Waals surface area contributed by atoms with E-state index < -0.39 is 11.2 Å². The Morgan fingerprint density at radius 3 is 2.57 bits per heavy atom. The largest absolute Gasteiger partial charge is 0.439 e. The quantitative estimate of drug-likeness (QED) is 0.820. The molecule has 7 heteroatoms. The molecule has 116 valence electrons. The molecule has 1 heterocycles. The van der Waals surface area contributed by atoms with Crippen molar-refractivity contribution in [2.24, 2.45) is 14.1 Å². The number of nitrogens with zero attached hydrogens (tertiary/aromatic N) is 3. The number of nitriles is 1. The molecule has 0 aliphatic heterocycles. The van der Waals surface area contributed by atoms with Gasteiger partial charge in [-0.1, -0.05) is 0 Å². The number of ketones is 1. The van der Waals surface area contributed by atoms with Crippen LogP contribution < -0.4 is 16.0 Å². The summed E-state index contributed by atoms with van der Waals surface area (Å²) in [5.74, 6) is 0.355. The molecule has 0 radical (unpaired) electrons. The van der Waals surface area contributed by atoms with E-state index in [1.165, 1.54) is 14.1 Å². The fraction of sp³-hybridized carbons (Fsp3) is 0.250. The van der Waals surface area contributed by atoms with Crippen LogP contribution in [0.1, 0.15) is 27.9 Å². The Hall–Kier alpha value is -3.14.